The first kappa shape index (κ1) is 16.6. The van der Waals surface area contributed by atoms with E-state index in [0.717, 1.165) is 10.5 Å². The predicted molar refractivity (Wildman–Crippen MR) is 92.7 cm³/mol. The predicted octanol–water partition coefficient (Wildman–Crippen LogP) is 3.76. The second-order valence-electron chi connectivity index (χ2n) is 5.87. The molecule has 2 aromatic rings. The van der Waals surface area contributed by atoms with Crippen LogP contribution in [0.4, 0.5) is 10.5 Å². The maximum Gasteiger partial charge on any atom is 0.329 e. The molecule has 2 aromatic carbocycles. The van der Waals surface area contributed by atoms with E-state index in [1.54, 1.807) is 19.1 Å². The van der Waals surface area contributed by atoms with Crippen molar-refractivity contribution in [3.05, 3.63) is 58.1 Å². The normalized spacial score (nSPS) is 20.4. The molecule has 1 aliphatic heterocycles. The molecule has 1 fully saturated rings. The van der Waals surface area contributed by atoms with E-state index in [0.29, 0.717) is 22.2 Å². The number of aromatic hydroxyl groups is 1. The quantitative estimate of drug-likeness (QED) is 0.814. The van der Waals surface area contributed by atoms with Crippen molar-refractivity contribution >= 4 is 40.8 Å². The van der Waals surface area contributed by atoms with Crippen LogP contribution in [0.15, 0.2) is 42.5 Å². The molecule has 1 aliphatic rings. The number of benzene rings is 2. The van der Waals surface area contributed by atoms with Crippen molar-refractivity contribution in [3.63, 3.8) is 0 Å². The third kappa shape index (κ3) is 3.05. The summed E-state index contributed by atoms with van der Waals surface area (Å²) in [5.74, 6) is -0.250. The average Bonchev–Trinajstić information content (AvgIpc) is 2.70. The number of anilines is 1. The van der Waals surface area contributed by atoms with Crippen LogP contribution in [0.25, 0.3) is 0 Å². The van der Waals surface area contributed by atoms with Crippen LogP contribution in [0.5, 0.6) is 5.75 Å². The van der Waals surface area contributed by atoms with E-state index >= 15 is 0 Å². The van der Waals surface area contributed by atoms with Crippen molar-refractivity contribution in [1.29, 1.82) is 0 Å². The summed E-state index contributed by atoms with van der Waals surface area (Å²) in [5.41, 5.74) is 0.0439. The monoisotopic (exact) mass is 364 g/mol. The Hall–Kier alpha value is -2.24. The Morgan fingerprint density at radius 3 is 2.25 bits per heavy atom. The number of hydrogen-bond acceptors (Lipinski definition) is 3. The minimum Gasteiger partial charge on any atom is -0.508 e. The third-order valence-corrected chi connectivity index (χ3v) is 4.30. The van der Waals surface area contributed by atoms with Gasteiger partial charge in [-0.25, -0.2) is 9.69 Å². The van der Waals surface area contributed by atoms with Gasteiger partial charge in [-0.1, -0.05) is 35.3 Å². The van der Waals surface area contributed by atoms with Crippen molar-refractivity contribution < 1.29 is 14.7 Å². The molecule has 7 heteroatoms. The summed E-state index contributed by atoms with van der Waals surface area (Å²) in [7, 11) is 0. The molecular formula is C17H14Cl2N2O3. The van der Waals surface area contributed by atoms with Crippen molar-refractivity contribution in [2.45, 2.75) is 18.9 Å². The number of nitrogens with one attached hydrogen (secondary N) is 1. The maximum absolute atomic E-state index is 12.8. The summed E-state index contributed by atoms with van der Waals surface area (Å²) in [6.07, 6.45) is 0.294. The Morgan fingerprint density at radius 2 is 1.67 bits per heavy atom. The molecular weight excluding hydrogens is 351 g/mol. The number of imide groups is 1. The number of carbonyl (C=O) groups excluding carboxylic acids is 2. The minimum atomic E-state index is -1.09. The second-order valence-corrected chi connectivity index (χ2v) is 6.75. The summed E-state index contributed by atoms with van der Waals surface area (Å²) in [4.78, 5) is 26.2. The van der Waals surface area contributed by atoms with Crippen LogP contribution in [-0.2, 0) is 11.2 Å². The highest BCUT2D eigenvalue weighted by molar-refractivity contribution is 6.35. The standard InChI is InChI=1S/C17H14Cl2N2O3/c1-17(9-10-2-4-14(22)5-3-10)15(23)21(16(24)20-17)13-7-11(18)6-12(19)8-13/h2-8,22H,9H2,1H3,(H,20,24). The number of amides is 3. The lowest BCUT2D eigenvalue weighted by Gasteiger charge is -2.22. The molecule has 5 nitrogen and oxygen atoms in total. The molecule has 124 valence electrons. The first-order chi connectivity index (χ1) is 11.3. The summed E-state index contributed by atoms with van der Waals surface area (Å²) in [5, 5.41) is 12.7. The smallest absolute Gasteiger partial charge is 0.329 e. The van der Waals surface area contributed by atoms with Crippen LogP contribution in [0.1, 0.15) is 12.5 Å². The first-order valence-corrected chi connectivity index (χ1v) is 7.95. The largest absolute Gasteiger partial charge is 0.508 e. The fourth-order valence-electron chi connectivity index (χ4n) is 2.73. The molecule has 0 bridgehead atoms. The maximum atomic E-state index is 12.8. The zero-order chi connectivity index (χ0) is 17.5. The SMILES string of the molecule is CC1(Cc2ccc(O)cc2)NC(=O)N(c2cc(Cl)cc(Cl)c2)C1=O. The van der Waals surface area contributed by atoms with Crippen molar-refractivity contribution in [2.24, 2.45) is 0 Å². The van der Waals surface area contributed by atoms with Gasteiger partial charge in [0.25, 0.3) is 5.91 Å². The van der Waals surface area contributed by atoms with Crippen molar-refractivity contribution in [2.75, 3.05) is 4.90 Å². The molecule has 0 aliphatic carbocycles. The zero-order valence-corrected chi connectivity index (χ0v) is 14.2. The van der Waals surface area contributed by atoms with Gasteiger partial charge in [0.2, 0.25) is 0 Å². The van der Waals surface area contributed by atoms with Crippen LogP contribution in [0, 0.1) is 0 Å². The van der Waals surface area contributed by atoms with E-state index in [9.17, 15) is 14.7 Å². The van der Waals surface area contributed by atoms with Crippen LogP contribution >= 0.6 is 23.2 Å². The van der Waals surface area contributed by atoms with Gasteiger partial charge in [0.1, 0.15) is 11.3 Å². The Kier molecular flexibility index (Phi) is 4.15. The van der Waals surface area contributed by atoms with Crippen molar-refractivity contribution in [1.82, 2.24) is 5.32 Å². The molecule has 0 saturated carbocycles. The van der Waals surface area contributed by atoms with Gasteiger partial charge in [0, 0.05) is 16.5 Å². The fraction of sp³-hybridized carbons (Fsp3) is 0.176. The number of phenolic OH excluding ortho intramolecular Hbond substituents is 1. The number of halogens is 2. The molecule has 0 spiro atoms. The Bertz CT molecular complexity index is 803. The fourth-order valence-corrected chi connectivity index (χ4v) is 3.24. The molecule has 1 unspecified atom stereocenters. The highest BCUT2D eigenvalue weighted by atomic mass is 35.5. The van der Waals surface area contributed by atoms with Gasteiger partial charge in [-0.3, -0.25) is 4.79 Å². The third-order valence-electron chi connectivity index (χ3n) is 3.86. The number of urea groups is 1. The summed E-state index contributed by atoms with van der Waals surface area (Å²) < 4.78 is 0. The summed E-state index contributed by atoms with van der Waals surface area (Å²) in [6.45, 7) is 1.66. The van der Waals surface area contributed by atoms with E-state index < -0.39 is 11.6 Å². The van der Waals surface area contributed by atoms with Crippen LogP contribution in [0.2, 0.25) is 10.0 Å². The Balaban J connectivity index is 1.91. The molecule has 1 heterocycles. The highest BCUT2D eigenvalue weighted by Gasteiger charge is 2.48. The molecule has 24 heavy (non-hydrogen) atoms. The highest BCUT2D eigenvalue weighted by Crippen LogP contribution is 2.31. The van der Waals surface area contributed by atoms with Gasteiger partial charge in [-0.2, -0.15) is 0 Å². The lowest BCUT2D eigenvalue weighted by atomic mass is 9.92. The average molecular weight is 365 g/mol. The molecule has 2 N–H and O–H groups in total. The number of hydrogen-bond donors (Lipinski definition) is 2. The van der Waals surface area contributed by atoms with E-state index in [4.69, 9.17) is 23.2 Å². The van der Waals surface area contributed by atoms with Crippen LogP contribution in [-0.4, -0.2) is 22.6 Å². The van der Waals surface area contributed by atoms with E-state index in [1.165, 1.54) is 30.3 Å². The van der Waals surface area contributed by atoms with E-state index in [1.807, 2.05) is 0 Å². The van der Waals surface area contributed by atoms with Gasteiger partial charge in [0.15, 0.2) is 0 Å². The van der Waals surface area contributed by atoms with Crippen molar-refractivity contribution in [3.8, 4) is 5.75 Å². The summed E-state index contributed by atoms with van der Waals surface area (Å²) in [6, 6.07) is 10.5. The molecule has 1 saturated heterocycles. The van der Waals surface area contributed by atoms with Gasteiger partial charge < -0.3 is 10.4 Å². The molecule has 3 rings (SSSR count). The zero-order valence-electron chi connectivity index (χ0n) is 12.7. The number of nitrogens with zero attached hydrogens (tertiary/aromatic N) is 1. The Morgan fingerprint density at radius 1 is 1.08 bits per heavy atom. The number of phenols is 1. The van der Waals surface area contributed by atoms with Gasteiger partial charge in [0.05, 0.1) is 5.69 Å². The van der Waals surface area contributed by atoms with E-state index in [-0.39, 0.29) is 11.7 Å². The minimum absolute atomic E-state index is 0.140. The molecule has 0 aromatic heterocycles. The molecule has 3 amide bonds. The van der Waals surface area contributed by atoms with Gasteiger partial charge >= 0.3 is 6.03 Å². The molecule has 0 radical (unpaired) electrons. The molecule has 1 atom stereocenters. The number of rotatable bonds is 3. The van der Waals surface area contributed by atoms with E-state index in [2.05, 4.69) is 5.32 Å². The number of carbonyl (C=O) groups is 2. The van der Waals surface area contributed by atoms with Crippen LogP contribution in [0.3, 0.4) is 0 Å². The topological polar surface area (TPSA) is 69.6 Å². The van der Waals surface area contributed by atoms with Crippen LogP contribution < -0.4 is 10.2 Å². The Labute approximate surface area is 148 Å². The second kappa shape index (κ2) is 6.00. The first-order valence-electron chi connectivity index (χ1n) is 7.19. The summed E-state index contributed by atoms with van der Waals surface area (Å²) >= 11 is 11.9. The van der Waals surface area contributed by atoms with Gasteiger partial charge in [-0.15, -0.1) is 0 Å². The van der Waals surface area contributed by atoms with Gasteiger partial charge in [-0.05, 0) is 42.8 Å². The lowest BCUT2D eigenvalue weighted by Crippen LogP contribution is -2.46. The lowest BCUT2D eigenvalue weighted by molar-refractivity contribution is -0.121.